The molecule has 0 saturated carbocycles. The van der Waals surface area contributed by atoms with Crippen LogP contribution in [0.1, 0.15) is 32.3 Å². The molecule has 1 atom stereocenters. The van der Waals surface area contributed by atoms with E-state index in [0.29, 0.717) is 6.61 Å². The molecule has 0 bridgehead atoms. The van der Waals surface area contributed by atoms with Gasteiger partial charge in [-0.25, -0.2) is 0 Å². The van der Waals surface area contributed by atoms with Crippen molar-refractivity contribution >= 4 is 0 Å². The van der Waals surface area contributed by atoms with E-state index in [1.807, 2.05) is 31.2 Å². The average molecular weight is 267 g/mol. The summed E-state index contributed by atoms with van der Waals surface area (Å²) in [5.74, 6) is 0.752. The van der Waals surface area contributed by atoms with Crippen molar-refractivity contribution in [1.82, 2.24) is 5.32 Å². The molecule has 0 aromatic heterocycles. The van der Waals surface area contributed by atoms with Crippen LogP contribution in [0.4, 0.5) is 0 Å². The van der Waals surface area contributed by atoms with Gasteiger partial charge in [0.25, 0.3) is 0 Å². The SMILES string of the molecule is CCCNC(C)(CO)CCOc1cccc(CO)c1. The molecule has 1 unspecified atom stereocenters. The van der Waals surface area contributed by atoms with Gasteiger partial charge < -0.3 is 20.3 Å². The average Bonchev–Trinajstić information content (AvgIpc) is 2.45. The summed E-state index contributed by atoms with van der Waals surface area (Å²) < 4.78 is 5.66. The standard InChI is InChI=1S/C15H25NO3/c1-3-8-16-15(2,12-18)7-9-19-14-6-4-5-13(10-14)11-17/h4-6,10,16-18H,3,7-9,11-12H2,1-2H3. The number of nitrogens with one attached hydrogen (secondary N) is 1. The first-order chi connectivity index (χ1) is 9.13. The molecule has 4 heteroatoms. The summed E-state index contributed by atoms with van der Waals surface area (Å²) in [6, 6.07) is 7.42. The molecule has 3 N–H and O–H groups in total. The highest BCUT2D eigenvalue weighted by Gasteiger charge is 2.21. The summed E-state index contributed by atoms with van der Waals surface area (Å²) >= 11 is 0. The van der Waals surface area contributed by atoms with Gasteiger partial charge in [0.15, 0.2) is 0 Å². The Morgan fingerprint density at radius 1 is 1.32 bits per heavy atom. The molecule has 0 fully saturated rings. The minimum atomic E-state index is -0.301. The Bertz CT molecular complexity index is 370. The summed E-state index contributed by atoms with van der Waals surface area (Å²) in [5, 5.41) is 21.8. The van der Waals surface area contributed by atoms with Crippen LogP contribution in [0.25, 0.3) is 0 Å². The van der Waals surface area contributed by atoms with Gasteiger partial charge in [-0.15, -0.1) is 0 Å². The molecule has 19 heavy (non-hydrogen) atoms. The second-order valence-electron chi connectivity index (χ2n) is 5.05. The Labute approximate surface area is 115 Å². The van der Waals surface area contributed by atoms with Crippen molar-refractivity contribution < 1.29 is 14.9 Å². The van der Waals surface area contributed by atoms with E-state index >= 15 is 0 Å². The van der Waals surface area contributed by atoms with Crippen LogP contribution in [0.15, 0.2) is 24.3 Å². The molecule has 1 aromatic carbocycles. The molecular formula is C15H25NO3. The van der Waals surface area contributed by atoms with Crippen LogP contribution in [0.2, 0.25) is 0 Å². The van der Waals surface area contributed by atoms with Gasteiger partial charge in [0, 0.05) is 12.0 Å². The van der Waals surface area contributed by atoms with E-state index in [0.717, 1.165) is 30.7 Å². The highest BCUT2D eigenvalue weighted by atomic mass is 16.5. The van der Waals surface area contributed by atoms with E-state index in [2.05, 4.69) is 12.2 Å². The van der Waals surface area contributed by atoms with Gasteiger partial charge in [-0.3, -0.25) is 0 Å². The second kappa shape index (κ2) is 8.15. The summed E-state index contributed by atoms with van der Waals surface area (Å²) in [6.45, 7) is 5.62. The number of aliphatic hydroxyl groups is 2. The zero-order chi connectivity index (χ0) is 14.1. The third kappa shape index (κ3) is 5.59. The lowest BCUT2D eigenvalue weighted by Crippen LogP contribution is -2.47. The number of hydrogen-bond acceptors (Lipinski definition) is 4. The molecule has 0 amide bonds. The second-order valence-corrected chi connectivity index (χ2v) is 5.05. The normalized spacial score (nSPS) is 14.1. The van der Waals surface area contributed by atoms with Crippen LogP contribution in [0.3, 0.4) is 0 Å². The van der Waals surface area contributed by atoms with Gasteiger partial charge in [0.1, 0.15) is 5.75 Å². The quantitative estimate of drug-likeness (QED) is 0.637. The highest BCUT2D eigenvalue weighted by Crippen LogP contribution is 2.15. The molecule has 0 radical (unpaired) electrons. The van der Waals surface area contributed by atoms with Gasteiger partial charge in [0.2, 0.25) is 0 Å². The lowest BCUT2D eigenvalue weighted by atomic mass is 9.99. The fraction of sp³-hybridized carbons (Fsp3) is 0.600. The molecule has 0 heterocycles. The third-order valence-electron chi connectivity index (χ3n) is 3.15. The van der Waals surface area contributed by atoms with E-state index < -0.39 is 0 Å². The summed E-state index contributed by atoms with van der Waals surface area (Å²) in [5.41, 5.74) is 0.538. The predicted molar refractivity (Wildman–Crippen MR) is 76.3 cm³/mol. The number of rotatable bonds is 9. The van der Waals surface area contributed by atoms with Crippen LogP contribution in [-0.4, -0.2) is 35.5 Å². The van der Waals surface area contributed by atoms with Crippen molar-refractivity contribution in [3.8, 4) is 5.75 Å². The van der Waals surface area contributed by atoms with Crippen molar-refractivity contribution in [3.63, 3.8) is 0 Å². The maximum absolute atomic E-state index is 9.44. The van der Waals surface area contributed by atoms with Crippen LogP contribution >= 0.6 is 0 Å². The summed E-state index contributed by atoms with van der Waals surface area (Å²) in [6.07, 6.45) is 1.77. The number of ether oxygens (including phenoxy) is 1. The van der Waals surface area contributed by atoms with Crippen LogP contribution in [0.5, 0.6) is 5.75 Å². The minimum absolute atomic E-state index is 0.0175. The highest BCUT2D eigenvalue weighted by molar-refractivity contribution is 5.27. The maximum atomic E-state index is 9.44. The first kappa shape index (κ1) is 16.0. The molecule has 0 aliphatic heterocycles. The van der Waals surface area contributed by atoms with E-state index in [1.165, 1.54) is 0 Å². The maximum Gasteiger partial charge on any atom is 0.119 e. The molecule has 4 nitrogen and oxygen atoms in total. The summed E-state index contributed by atoms with van der Waals surface area (Å²) in [7, 11) is 0. The van der Waals surface area contributed by atoms with Gasteiger partial charge >= 0.3 is 0 Å². The number of hydrogen-bond donors (Lipinski definition) is 3. The molecule has 108 valence electrons. The van der Waals surface area contributed by atoms with E-state index in [1.54, 1.807) is 0 Å². The first-order valence-electron chi connectivity index (χ1n) is 6.82. The molecule has 1 aromatic rings. The molecule has 0 spiro atoms. The Morgan fingerprint density at radius 3 is 2.74 bits per heavy atom. The molecule has 0 saturated heterocycles. The monoisotopic (exact) mass is 267 g/mol. The Balaban J connectivity index is 2.43. The van der Waals surface area contributed by atoms with Crippen molar-refractivity contribution in [2.45, 2.75) is 38.8 Å². The Kier molecular flexibility index (Phi) is 6.84. The van der Waals surface area contributed by atoms with Crippen molar-refractivity contribution in [2.24, 2.45) is 0 Å². The smallest absolute Gasteiger partial charge is 0.119 e. The molecular weight excluding hydrogens is 242 g/mol. The van der Waals surface area contributed by atoms with Crippen LogP contribution < -0.4 is 10.1 Å². The minimum Gasteiger partial charge on any atom is -0.494 e. The van der Waals surface area contributed by atoms with E-state index in [9.17, 15) is 5.11 Å². The number of aliphatic hydroxyl groups excluding tert-OH is 2. The first-order valence-corrected chi connectivity index (χ1v) is 6.82. The predicted octanol–water partition coefficient (Wildman–Crippen LogP) is 1.70. The van der Waals surface area contributed by atoms with Crippen LogP contribution in [-0.2, 0) is 6.61 Å². The fourth-order valence-electron chi connectivity index (χ4n) is 1.78. The zero-order valence-corrected chi connectivity index (χ0v) is 11.9. The van der Waals surface area contributed by atoms with Crippen molar-refractivity contribution in [2.75, 3.05) is 19.8 Å². The van der Waals surface area contributed by atoms with Gasteiger partial charge in [0.05, 0.1) is 19.8 Å². The Hall–Kier alpha value is -1.10. The molecule has 0 aliphatic rings. The number of benzene rings is 1. The van der Waals surface area contributed by atoms with E-state index in [-0.39, 0.29) is 18.8 Å². The lowest BCUT2D eigenvalue weighted by molar-refractivity contribution is 0.144. The molecule has 1 rings (SSSR count). The van der Waals surface area contributed by atoms with Gasteiger partial charge in [-0.2, -0.15) is 0 Å². The van der Waals surface area contributed by atoms with Gasteiger partial charge in [-0.1, -0.05) is 19.1 Å². The zero-order valence-electron chi connectivity index (χ0n) is 11.9. The van der Waals surface area contributed by atoms with Gasteiger partial charge in [-0.05, 0) is 37.6 Å². The largest absolute Gasteiger partial charge is 0.494 e. The lowest BCUT2D eigenvalue weighted by Gasteiger charge is -2.28. The third-order valence-corrected chi connectivity index (χ3v) is 3.15. The molecule has 0 aliphatic carbocycles. The van der Waals surface area contributed by atoms with Crippen LogP contribution in [0, 0.1) is 0 Å². The van der Waals surface area contributed by atoms with Crippen molar-refractivity contribution in [1.29, 1.82) is 0 Å². The summed E-state index contributed by atoms with van der Waals surface area (Å²) in [4.78, 5) is 0. The fourth-order valence-corrected chi connectivity index (χ4v) is 1.78. The van der Waals surface area contributed by atoms with E-state index in [4.69, 9.17) is 9.84 Å². The van der Waals surface area contributed by atoms with Crippen molar-refractivity contribution in [3.05, 3.63) is 29.8 Å². The Morgan fingerprint density at radius 2 is 2.11 bits per heavy atom. The topological polar surface area (TPSA) is 61.7 Å².